The van der Waals surface area contributed by atoms with Gasteiger partial charge < -0.3 is 0 Å². The molecule has 1 aliphatic carbocycles. The van der Waals surface area contributed by atoms with Crippen molar-refractivity contribution >= 4 is 18.5 Å². The number of benzene rings is 2. The van der Waals surface area contributed by atoms with Crippen molar-refractivity contribution in [3.63, 3.8) is 0 Å². The summed E-state index contributed by atoms with van der Waals surface area (Å²) in [5, 5.41) is 2.94. The molecule has 0 nitrogen and oxygen atoms in total. The van der Waals surface area contributed by atoms with Crippen LogP contribution in [0.1, 0.15) is 27.7 Å². The summed E-state index contributed by atoms with van der Waals surface area (Å²) in [4.78, 5) is 0. The molecule has 0 aliphatic heterocycles. The van der Waals surface area contributed by atoms with E-state index >= 15 is 0 Å². The van der Waals surface area contributed by atoms with E-state index in [0.29, 0.717) is 5.66 Å². The SMILES string of the molecule is CC1=C(C)C(P(c2ccccc2)c2ccccc2)C(C)=C1C. The highest BCUT2D eigenvalue weighted by Crippen LogP contribution is 2.51. The zero-order valence-electron chi connectivity index (χ0n) is 13.8. The highest BCUT2D eigenvalue weighted by atomic mass is 31.1. The van der Waals surface area contributed by atoms with Crippen LogP contribution in [0.5, 0.6) is 0 Å². The van der Waals surface area contributed by atoms with Crippen LogP contribution in [0.2, 0.25) is 0 Å². The maximum absolute atomic E-state index is 2.32. The molecule has 1 aliphatic rings. The smallest absolute Gasteiger partial charge is 0.0296 e. The molecule has 0 saturated carbocycles. The summed E-state index contributed by atoms with van der Waals surface area (Å²) in [7, 11) is -0.400. The quantitative estimate of drug-likeness (QED) is 0.686. The van der Waals surface area contributed by atoms with Gasteiger partial charge in [-0.15, -0.1) is 0 Å². The zero-order chi connectivity index (χ0) is 15.7. The van der Waals surface area contributed by atoms with E-state index in [2.05, 4.69) is 88.4 Å². The van der Waals surface area contributed by atoms with Gasteiger partial charge in [0.2, 0.25) is 0 Å². The van der Waals surface area contributed by atoms with E-state index in [0.717, 1.165) is 0 Å². The third-order valence-electron chi connectivity index (χ3n) is 4.89. The Balaban J connectivity index is 2.16. The molecule has 0 unspecified atom stereocenters. The van der Waals surface area contributed by atoms with Gasteiger partial charge in [-0.3, -0.25) is 0 Å². The van der Waals surface area contributed by atoms with Crippen molar-refractivity contribution in [3.8, 4) is 0 Å². The van der Waals surface area contributed by atoms with Gasteiger partial charge in [0.25, 0.3) is 0 Å². The van der Waals surface area contributed by atoms with Crippen LogP contribution in [0.3, 0.4) is 0 Å². The van der Waals surface area contributed by atoms with Crippen molar-refractivity contribution in [1.29, 1.82) is 0 Å². The Labute approximate surface area is 135 Å². The van der Waals surface area contributed by atoms with Crippen LogP contribution in [0.15, 0.2) is 83.0 Å². The summed E-state index contributed by atoms with van der Waals surface area (Å²) in [6.45, 7) is 9.19. The lowest BCUT2D eigenvalue weighted by atomic mass is 10.1. The monoisotopic (exact) mass is 306 g/mol. The second kappa shape index (κ2) is 6.23. The summed E-state index contributed by atoms with van der Waals surface area (Å²) >= 11 is 0. The third kappa shape index (κ3) is 2.57. The largest absolute Gasteiger partial charge is 0.0622 e. The van der Waals surface area contributed by atoms with E-state index in [9.17, 15) is 0 Å². The first-order chi connectivity index (χ1) is 10.6. The normalized spacial score (nSPS) is 16.0. The first-order valence-corrected chi connectivity index (χ1v) is 9.26. The van der Waals surface area contributed by atoms with Gasteiger partial charge in [-0.05, 0) is 57.4 Å². The number of hydrogen-bond acceptors (Lipinski definition) is 0. The second-order valence-electron chi connectivity index (χ2n) is 6.06. The Bertz CT molecular complexity index is 660. The van der Waals surface area contributed by atoms with Crippen LogP contribution in [0.25, 0.3) is 0 Å². The summed E-state index contributed by atoms with van der Waals surface area (Å²) < 4.78 is 0. The van der Waals surface area contributed by atoms with Gasteiger partial charge in [0, 0.05) is 5.66 Å². The van der Waals surface area contributed by atoms with Gasteiger partial charge >= 0.3 is 0 Å². The fraction of sp³-hybridized carbons (Fsp3) is 0.238. The number of hydrogen-bond donors (Lipinski definition) is 0. The van der Waals surface area contributed by atoms with Gasteiger partial charge in [0.15, 0.2) is 0 Å². The van der Waals surface area contributed by atoms with Crippen molar-refractivity contribution in [1.82, 2.24) is 0 Å². The van der Waals surface area contributed by atoms with Crippen molar-refractivity contribution in [3.05, 3.63) is 83.0 Å². The van der Waals surface area contributed by atoms with Crippen molar-refractivity contribution in [2.45, 2.75) is 33.4 Å². The van der Waals surface area contributed by atoms with E-state index < -0.39 is 7.92 Å². The minimum atomic E-state index is -0.400. The topological polar surface area (TPSA) is 0 Å². The van der Waals surface area contributed by atoms with Crippen LogP contribution in [-0.4, -0.2) is 5.66 Å². The van der Waals surface area contributed by atoms with Crippen LogP contribution in [0.4, 0.5) is 0 Å². The Morgan fingerprint density at radius 1 is 0.591 bits per heavy atom. The van der Waals surface area contributed by atoms with Gasteiger partial charge in [-0.2, -0.15) is 0 Å². The van der Waals surface area contributed by atoms with E-state index in [1.807, 2.05) is 0 Å². The van der Waals surface area contributed by atoms with Gasteiger partial charge in [-0.1, -0.05) is 71.8 Å². The molecule has 3 rings (SSSR count). The molecule has 1 heteroatoms. The molecular weight excluding hydrogens is 283 g/mol. The number of rotatable bonds is 3. The lowest BCUT2D eigenvalue weighted by molar-refractivity contribution is 1.14. The Kier molecular flexibility index (Phi) is 4.32. The summed E-state index contributed by atoms with van der Waals surface area (Å²) in [5.74, 6) is 0. The Morgan fingerprint density at radius 2 is 0.955 bits per heavy atom. The predicted molar refractivity (Wildman–Crippen MR) is 99.6 cm³/mol. The molecule has 0 aromatic heterocycles. The maximum Gasteiger partial charge on any atom is 0.0296 e. The number of allylic oxidation sites excluding steroid dienone is 4. The fourth-order valence-electron chi connectivity index (χ4n) is 3.34. The van der Waals surface area contributed by atoms with Crippen molar-refractivity contribution < 1.29 is 0 Å². The van der Waals surface area contributed by atoms with Crippen LogP contribution in [0, 0.1) is 0 Å². The average molecular weight is 306 g/mol. The second-order valence-corrected chi connectivity index (χ2v) is 8.35. The van der Waals surface area contributed by atoms with E-state index in [1.165, 1.54) is 21.8 Å². The molecule has 0 spiro atoms. The van der Waals surface area contributed by atoms with Gasteiger partial charge in [0.1, 0.15) is 0 Å². The predicted octanol–water partition coefficient (Wildman–Crippen LogP) is 5.17. The first kappa shape index (κ1) is 15.3. The molecule has 22 heavy (non-hydrogen) atoms. The lowest BCUT2D eigenvalue weighted by Crippen LogP contribution is -2.22. The molecule has 0 radical (unpaired) electrons. The molecule has 0 fully saturated rings. The summed E-state index contributed by atoms with van der Waals surface area (Å²) in [6.07, 6.45) is 0. The van der Waals surface area contributed by atoms with Crippen molar-refractivity contribution in [2.24, 2.45) is 0 Å². The van der Waals surface area contributed by atoms with Crippen LogP contribution >= 0.6 is 7.92 Å². The standard InChI is InChI=1S/C21H23P/c1-15-16(2)18(4)21(17(15)3)22(19-11-7-5-8-12-19)20-13-9-6-10-14-20/h5-14,21H,1-4H3. The molecule has 2 aromatic carbocycles. The third-order valence-corrected chi connectivity index (χ3v) is 7.89. The van der Waals surface area contributed by atoms with Crippen molar-refractivity contribution in [2.75, 3.05) is 0 Å². The summed E-state index contributed by atoms with van der Waals surface area (Å²) in [6, 6.07) is 22.1. The molecule has 0 bridgehead atoms. The zero-order valence-corrected chi connectivity index (χ0v) is 14.7. The fourth-order valence-corrected chi connectivity index (χ4v) is 6.38. The molecule has 112 valence electrons. The molecule has 0 atom stereocenters. The van der Waals surface area contributed by atoms with Gasteiger partial charge in [0.05, 0.1) is 0 Å². The molecular formula is C21H23P. The lowest BCUT2D eigenvalue weighted by Gasteiger charge is -2.28. The van der Waals surface area contributed by atoms with Crippen LogP contribution < -0.4 is 10.6 Å². The maximum atomic E-state index is 2.32. The van der Waals surface area contributed by atoms with Crippen LogP contribution in [-0.2, 0) is 0 Å². The summed E-state index contributed by atoms with van der Waals surface area (Å²) in [5.41, 5.74) is 6.62. The molecule has 0 heterocycles. The van der Waals surface area contributed by atoms with E-state index in [4.69, 9.17) is 0 Å². The van der Waals surface area contributed by atoms with E-state index in [-0.39, 0.29) is 0 Å². The highest BCUT2D eigenvalue weighted by molar-refractivity contribution is 7.74. The Morgan fingerprint density at radius 3 is 1.32 bits per heavy atom. The Hall–Kier alpha value is -1.65. The molecule has 0 amide bonds. The highest BCUT2D eigenvalue weighted by Gasteiger charge is 2.33. The molecule has 2 aromatic rings. The first-order valence-electron chi connectivity index (χ1n) is 7.85. The van der Waals surface area contributed by atoms with E-state index in [1.54, 1.807) is 11.1 Å². The molecule has 0 N–H and O–H groups in total. The van der Waals surface area contributed by atoms with Gasteiger partial charge in [-0.25, -0.2) is 0 Å². The molecule has 0 saturated heterocycles. The minimum Gasteiger partial charge on any atom is -0.0622 e. The minimum absolute atomic E-state index is 0.400. The average Bonchev–Trinajstić information content (AvgIpc) is 2.75.